The van der Waals surface area contributed by atoms with Crippen LogP contribution in [-0.4, -0.2) is 17.5 Å². The SMILES string of the molecule is CCc1nc(CCNC(N)=NCc2ccccc2)cs1. The van der Waals surface area contributed by atoms with Crippen molar-refractivity contribution in [3.63, 3.8) is 0 Å². The van der Waals surface area contributed by atoms with E-state index in [0.29, 0.717) is 12.5 Å². The van der Waals surface area contributed by atoms with Gasteiger partial charge in [0.2, 0.25) is 0 Å². The molecule has 2 rings (SSSR count). The summed E-state index contributed by atoms with van der Waals surface area (Å²) < 4.78 is 0. The molecule has 0 saturated carbocycles. The monoisotopic (exact) mass is 288 g/mol. The fourth-order valence-electron chi connectivity index (χ4n) is 1.76. The highest BCUT2D eigenvalue weighted by Crippen LogP contribution is 2.10. The lowest BCUT2D eigenvalue weighted by molar-refractivity contribution is 0.828. The fraction of sp³-hybridized carbons (Fsp3) is 0.333. The molecule has 0 fully saturated rings. The molecular formula is C15H20N4S. The molecule has 0 aliphatic carbocycles. The van der Waals surface area contributed by atoms with Gasteiger partial charge in [-0.2, -0.15) is 0 Å². The van der Waals surface area contributed by atoms with Gasteiger partial charge in [-0.1, -0.05) is 37.3 Å². The van der Waals surface area contributed by atoms with Crippen molar-refractivity contribution < 1.29 is 0 Å². The zero-order valence-electron chi connectivity index (χ0n) is 11.7. The van der Waals surface area contributed by atoms with Gasteiger partial charge in [0.05, 0.1) is 17.2 Å². The van der Waals surface area contributed by atoms with E-state index >= 15 is 0 Å². The van der Waals surface area contributed by atoms with Gasteiger partial charge in [0.15, 0.2) is 5.96 Å². The van der Waals surface area contributed by atoms with Gasteiger partial charge in [-0.05, 0) is 12.0 Å². The van der Waals surface area contributed by atoms with E-state index in [0.717, 1.165) is 30.6 Å². The molecular weight excluding hydrogens is 268 g/mol. The molecule has 106 valence electrons. The van der Waals surface area contributed by atoms with E-state index in [4.69, 9.17) is 5.73 Å². The van der Waals surface area contributed by atoms with Gasteiger partial charge in [-0.15, -0.1) is 11.3 Å². The lowest BCUT2D eigenvalue weighted by atomic mass is 10.2. The van der Waals surface area contributed by atoms with Crippen molar-refractivity contribution in [3.05, 3.63) is 52.0 Å². The molecule has 0 aliphatic rings. The van der Waals surface area contributed by atoms with Gasteiger partial charge in [0.25, 0.3) is 0 Å². The summed E-state index contributed by atoms with van der Waals surface area (Å²) in [6, 6.07) is 10.1. The molecule has 20 heavy (non-hydrogen) atoms. The summed E-state index contributed by atoms with van der Waals surface area (Å²) in [4.78, 5) is 8.83. The van der Waals surface area contributed by atoms with E-state index in [1.165, 1.54) is 5.01 Å². The Kier molecular flexibility index (Phi) is 5.55. The topological polar surface area (TPSA) is 63.3 Å². The number of hydrogen-bond acceptors (Lipinski definition) is 3. The summed E-state index contributed by atoms with van der Waals surface area (Å²) in [6.07, 6.45) is 1.87. The highest BCUT2D eigenvalue weighted by atomic mass is 32.1. The number of nitrogens with zero attached hydrogens (tertiary/aromatic N) is 2. The second kappa shape index (κ2) is 7.65. The lowest BCUT2D eigenvalue weighted by Gasteiger charge is -2.04. The Balaban J connectivity index is 1.73. The second-order valence-corrected chi connectivity index (χ2v) is 5.39. The Morgan fingerprint density at radius 2 is 2.15 bits per heavy atom. The van der Waals surface area contributed by atoms with Crippen molar-refractivity contribution in [3.8, 4) is 0 Å². The van der Waals surface area contributed by atoms with Crippen LogP contribution in [0.15, 0.2) is 40.7 Å². The maximum atomic E-state index is 5.84. The van der Waals surface area contributed by atoms with E-state index in [9.17, 15) is 0 Å². The van der Waals surface area contributed by atoms with Gasteiger partial charge < -0.3 is 11.1 Å². The molecule has 0 amide bonds. The van der Waals surface area contributed by atoms with Gasteiger partial charge >= 0.3 is 0 Å². The average molecular weight is 288 g/mol. The Hall–Kier alpha value is -1.88. The zero-order valence-corrected chi connectivity index (χ0v) is 12.5. The summed E-state index contributed by atoms with van der Waals surface area (Å²) >= 11 is 1.72. The molecule has 0 saturated heterocycles. The van der Waals surface area contributed by atoms with Crippen LogP contribution in [0.4, 0.5) is 0 Å². The van der Waals surface area contributed by atoms with Crippen LogP contribution in [0.3, 0.4) is 0 Å². The molecule has 5 heteroatoms. The van der Waals surface area contributed by atoms with Gasteiger partial charge in [0, 0.05) is 18.3 Å². The molecule has 1 aromatic heterocycles. The molecule has 0 unspecified atom stereocenters. The van der Waals surface area contributed by atoms with Crippen molar-refractivity contribution >= 4 is 17.3 Å². The zero-order chi connectivity index (χ0) is 14.2. The minimum Gasteiger partial charge on any atom is -0.370 e. The Bertz CT molecular complexity index is 548. The summed E-state index contributed by atoms with van der Waals surface area (Å²) in [7, 11) is 0. The third kappa shape index (κ3) is 4.66. The Labute approximate surface area is 123 Å². The Morgan fingerprint density at radius 3 is 2.85 bits per heavy atom. The third-order valence-electron chi connectivity index (χ3n) is 2.86. The molecule has 3 N–H and O–H groups in total. The normalized spacial score (nSPS) is 11.6. The molecule has 1 heterocycles. The highest BCUT2D eigenvalue weighted by Gasteiger charge is 2.00. The highest BCUT2D eigenvalue weighted by molar-refractivity contribution is 7.09. The molecule has 1 aromatic carbocycles. The first-order chi connectivity index (χ1) is 9.78. The molecule has 0 aliphatic heterocycles. The number of aliphatic imine (C=N–C) groups is 1. The first-order valence-corrected chi connectivity index (χ1v) is 7.67. The van der Waals surface area contributed by atoms with Crippen LogP contribution in [0.1, 0.15) is 23.2 Å². The van der Waals surface area contributed by atoms with Crippen molar-refractivity contribution in [2.75, 3.05) is 6.54 Å². The van der Waals surface area contributed by atoms with E-state index in [1.807, 2.05) is 30.3 Å². The maximum absolute atomic E-state index is 5.84. The van der Waals surface area contributed by atoms with Gasteiger partial charge in [-0.25, -0.2) is 9.98 Å². The number of nitrogens with two attached hydrogens (primary N) is 1. The van der Waals surface area contributed by atoms with Crippen LogP contribution in [0, 0.1) is 0 Å². The van der Waals surface area contributed by atoms with Crippen LogP contribution in [-0.2, 0) is 19.4 Å². The van der Waals surface area contributed by atoms with Gasteiger partial charge in [-0.3, -0.25) is 0 Å². The van der Waals surface area contributed by atoms with Crippen LogP contribution in [0.2, 0.25) is 0 Å². The first-order valence-electron chi connectivity index (χ1n) is 6.79. The second-order valence-electron chi connectivity index (χ2n) is 4.45. The summed E-state index contributed by atoms with van der Waals surface area (Å²) in [5.74, 6) is 0.486. The van der Waals surface area contributed by atoms with E-state index < -0.39 is 0 Å². The number of aryl methyl sites for hydroxylation is 1. The molecule has 0 bridgehead atoms. The summed E-state index contributed by atoms with van der Waals surface area (Å²) in [5, 5.41) is 6.42. The molecule has 0 radical (unpaired) electrons. The van der Waals surface area contributed by atoms with Gasteiger partial charge in [0.1, 0.15) is 0 Å². The van der Waals surface area contributed by atoms with E-state index in [-0.39, 0.29) is 0 Å². The molecule has 2 aromatic rings. The number of guanidine groups is 1. The van der Waals surface area contributed by atoms with Crippen molar-refractivity contribution in [2.45, 2.75) is 26.3 Å². The number of nitrogens with one attached hydrogen (secondary N) is 1. The predicted octanol–water partition coefficient (Wildman–Crippen LogP) is 2.35. The van der Waals surface area contributed by atoms with E-state index in [1.54, 1.807) is 11.3 Å². The van der Waals surface area contributed by atoms with E-state index in [2.05, 4.69) is 27.6 Å². The largest absolute Gasteiger partial charge is 0.370 e. The average Bonchev–Trinajstić information content (AvgIpc) is 2.94. The van der Waals surface area contributed by atoms with Crippen LogP contribution >= 0.6 is 11.3 Å². The maximum Gasteiger partial charge on any atom is 0.188 e. The number of hydrogen-bond donors (Lipinski definition) is 2. The van der Waals surface area contributed by atoms with Crippen LogP contribution in [0.5, 0.6) is 0 Å². The van der Waals surface area contributed by atoms with Crippen LogP contribution < -0.4 is 11.1 Å². The number of rotatable bonds is 6. The lowest BCUT2D eigenvalue weighted by Crippen LogP contribution is -2.33. The number of aromatic nitrogens is 1. The Morgan fingerprint density at radius 1 is 1.35 bits per heavy atom. The number of benzene rings is 1. The minimum atomic E-state index is 0.486. The summed E-state index contributed by atoms with van der Waals surface area (Å²) in [5.41, 5.74) is 8.12. The van der Waals surface area contributed by atoms with Crippen molar-refractivity contribution in [1.82, 2.24) is 10.3 Å². The van der Waals surface area contributed by atoms with Crippen molar-refractivity contribution in [1.29, 1.82) is 0 Å². The molecule has 0 spiro atoms. The first kappa shape index (κ1) is 14.5. The predicted molar refractivity (Wildman–Crippen MR) is 85.0 cm³/mol. The standard InChI is InChI=1S/C15H20N4S/c1-2-14-19-13(11-20-14)8-9-17-15(16)18-10-12-6-4-3-5-7-12/h3-7,11H,2,8-10H2,1H3,(H3,16,17,18). The number of thiazole rings is 1. The molecule has 0 atom stereocenters. The molecule has 4 nitrogen and oxygen atoms in total. The summed E-state index contributed by atoms with van der Waals surface area (Å²) in [6.45, 7) is 3.49. The van der Waals surface area contributed by atoms with Crippen molar-refractivity contribution in [2.24, 2.45) is 10.7 Å². The third-order valence-corrected chi connectivity index (χ3v) is 3.91. The smallest absolute Gasteiger partial charge is 0.188 e. The quantitative estimate of drug-likeness (QED) is 0.633. The minimum absolute atomic E-state index is 0.486. The van der Waals surface area contributed by atoms with Crippen LogP contribution in [0.25, 0.3) is 0 Å². The fourth-order valence-corrected chi connectivity index (χ4v) is 2.54.